The van der Waals surface area contributed by atoms with Gasteiger partial charge in [-0.3, -0.25) is 4.90 Å². The standard InChI is InChI=1S/C9H18N2/c1-3-4-6-11-7-5-10-8-9(11)2/h3-4,9-10H,5-8H2,1-2H3/b4-3+/t9-/m1/s1. The summed E-state index contributed by atoms with van der Waals surface area (Å²) < 4.78 is 0. The lowest BCUT2D eigenvalue weighted by molar-refractivity contribution is 0.192. The first-order valence-electron chi connectivity index (χ1n) is 4.40. The lowest BCUT2D eigenvalue weighted by Crippen LogP contribution is -2.49. The number of allylic oxidation sites excluding steroid dienone is 1. The Bertz CT molecular complexity index is 132. The summed E-state index contributed by atoms with van der Waals surface area (Å²) in [4.78, 5) is 2.50. The molecule has 0 aliphatic carbocycles. The molecule has 1 fully saturated rings. The molecule has 2 heteroatoms. The van der Waals surface area contributed by atoms with Crippen LogP contribution in [0.4, 0.5) is 0 Å². The quantitative estimate of drug-likeness (QED) is 0.593. The molecule has 0 aromatic carbocycles. The van der Waals surface area contributed by atoms with Gasteiger partial charge in [-0.05, 0) is 13.8 Å². The van der Waals surface area contributed by atoms with Crippen molar-refractivity contribution in [3.8, 4) is 0 Å². The third kappa shape index (κ3) is 2.64. The maximum atomic E-state index is 3.38. The van der Waals surface area contributed by atoms with Gasteiger partial charge in [-0.2, -0.15) is 0 Å². The second-order valence-corrected chi connectivity index (χ2v) is 3.12. The molecule has 0 unspecified atom stereocenters. The predicted octanol–water partition coefficient (Wildman–Crippen LogP) is 0.856. The molecule has 0 radical (unpaired) electrons. The summed E-state index contributed by atoms with van der Waals surface area (Å²) in [7, 11) is 0. The molecule has 0 bridgehead atoms. The Morgan fingerprint density at radius 2 is 2.45 bits per heavy atom. The maximum absolute atomic E-state index is 3.38. The number of piperazine rings is 1. The topological polar surface area (TPSA) is 15.3 Å². The molecule has 0 saturated carbocycles. The molecule has 0 aromatic heterocycles. The highest BCUT2D eigenvalue weighted by molar-refractivity contribution is 4.85. The first-order chi connectivity index (χ1) is 5.34. The van der Waals surface area contributed by atoms with E-state index in [0.717, 1.165) is 19.6 Å². The smallest absolute Gasteiger partial charge is 0.0196 e. The van der Waals surface area contributed by atoms with E-state index in [1.54, 1.807) is 0 Å². The second-order valence-electron chi connectivity index (χ2n) is 3.12. The van der Waals surface area contributed by atoms with Crippen LogP contribution in [0.3, 0.4) is 0 Å². The molecule has 2 nitrogen and oxygen atoms in total. The average Bonchev–Trinajstić information content (AvgIpc) is 2.03. The highest BCUT2D eigenvalue weighted by Crippen LogP contribution is 2.01. The lowest BCUT2D eigenvalue weighted by atomic mass is 10.2. The molecule has 0 amide bonds. The van der Waals surface area contributed by atoms with E-state index < -0.39 is 0 Å². The van der Waals surface area contributed by atoms with Crippen LogP contribution in [0.1, 0.15) is 13.8 Å². The van der Waals surface area contributed by atoms with Crippen LogP contribution < -0.4 is 5.32 Å². The van der Waals surface area contributed by atoms with Gasteiger partial charge in [0, 0.05) is 32.2 Å². The third-order valence-corrected chi connectivity index (χ3v) is 2.21. The Labute approximate surface area is 69.3 Å². The number of nitrogens with one attached hydrogen (secondary N) is 1. The largest absolute Gasteiger partial charge is 0.314 e. The minimum absolute atomic E-state index is 0.694. The molecule has 0 aromatic rings. The molecular formula is C9H18N2. The van der Waals surface area contributed by atoms with Crippen LogP contribution in [0.25, 0.3) is 0 Å². The van der Waals surface area contributed by atoms with Crippen LogP contribution in [-0.4, -0.2) is 37.1 Å². The van der Waals surface area contributed by atoms with Crippen molar-refractivity contribution in [1.82, 2.24) is 10.2 Å². The van der Waals surface area contributed by atoms with Crippen LogP contribution in [0, 0.1) is 0 Å². The molecule has 1 heterocycles. The van der Waals surface area contributed by atoms with E-state index >= 15 is 0 Å². The zero-order chi connectivity index (χ0) is 8.10. The van der Waals surface area contributed by atoms with Gasteiger partial charge in [0.15, 0.2) is 0 Å². The van der Waals surface area contributed by atoms with E-state index in [2.05, 4.69) is 36.2 Å². The van der Waals surface area contributed by atoms with Gasteiger partial charge >= 0.3 is 0 Å². The summed E-state index contributed by atoms with van der Waals surface area (Å²) in [5, 5.41) is 3.38. The number of hydrogen-bond acceptors (Lipinski definition) is 2. The van der Waals surface area contributed by atoms with E-state index in [1.165, 1.54) is 6.54 Å². The molecule has 1 saturated heterocycles. The van der Waals surface area contributed by atoms with Crippen molar-refractivity contribution in [3.63, 3.8) is 0 Å². The molecule has 11 heavy (non-hydrogen) atoms. The average molecular weight is 154 g/mol. The summed E-state index contributed by atoms with van der Waals surface area (Å²) in [6, 6.07) is 0.694. The van der Waals surface area contributed by atoms with Crippen LogP contribution >= 0.6 is 0 Å². The fourth-order valence-electron chi connectivity index (χ4n) is 1.40. The monoisotopic (exact) mass is 154 g/mol. The highest BCUT2D eigenvalue weighted by Gasteiger charge is 2.15. The van der Waals surface area contributed by atoms with Crippen LogP contribution in [0.5, 0.6) is 0 Å². The number of hydrogen-bond donors (Lipinski definition) is 1. The molecule has 1 rings (SSSR count). The van der Waals surface area contributed by atoms with Gasteiger partial charge in [-0.15, -0.1) is 0 Å². The van der Waals surface area contributed by atoms with E-state index in [-0.39, 0.29) is 0 Å². The van der Waals surface area contributed by atoms with Crippen molar-refractivity contribution in [2.75, 3.05) is 26.2 Å². The molecule has 64 valence electrons. The zero-order valence-corrected chi connectivity index (χ0v) is 7.51. The summed E-state index contributed by atoms with van der Waals surface area (Å²) in [6.07, 6.45) is 4.34. The maximum Gasteiger partial charge on any atom is 0.0196 e. The summed E-state index contributed by atoms with van der Waals surface area (Å²) in [5.74, 6) is 0. The zero-order valence-electron chi connectivity index (χ0n) is 7.51. The predicted molar refractivity (Wildman–Crippen MR) is 48.7 cm³/mol. The SMILES string of the molecule is C/C=C/CN1CCNC[C@H]1C. The molecule has 1 aliphatic heterocycles. The molecule has 0 spiro atoms. The summed E-state index contributed by atoms with van der Waals surface area (Å²) in [5.41, 5.74) is 0. The van der Waals surface area contributed by atoms with Crippen molar-refractivity contribution in [1.29, 1.82) is 0 Å². The van der Waals surface area contributed by atoms with Gasteiger partial charge in [0.25, 0.3) is 0 Å². The lowest BCUT2D eigenvalue weighted by Gasteiger charge is -2.32. The molecule has 1 aliphatic rings. The summed E-state index contributed by atoms with van der Waals surface area (Å²) in [6.45, 7) is 8.92. The van der Waals surface area contributed by atoms with Gasteiger partial charge in [0.2, 0.25) is 0 Å². The van der Waals surface area contributed by atoms with Gasteiger partial charge < -0.3 is 5.32 Å². The molecule has 1 atom stereocenters. The Balaban J connectivity index is 2.29. The Morgan fingerprint density at radius 1 is 1.64 bits per heavy atom. The fraction of sp³-hybridized carbons (Fsp3) is 0.778. The fourth-order valence-corrected chi connectivity index (χ4v) is 1.40. The molecule has 1 N–H and O–H groups in total. The third-order valence-electron chi connectivity index (χ3n) is 2.21. The Morgan fingerprint density at radius 3 is 3.09 bits per heavy atom. The van der Waals surface area contributed by atoms with E-state index in [9.17, 15) is 0 Å². The first kappa shape index (κ1) is 8.75. The van der Waals surface area contributed by atoms with Gasteiger partial charge in [0.1, 0.15) is 0 Å². The molecular weight excluding hydrogens is 136 g/mol. The van der Waals surface area contributed by atoms with Crippen LogP contribution in [0.15, 0.2) is 12.2 Å². The van der Waals surface area contributed by atoms with Crippen LogP contribution in [0.2, 0.25) is 0 Å². The Kier molecular flexibility index (Phi) is 3.60. The normalized spacial score (nSPS) is 28.0. The van der Waals surface area contributed by atoms with E-state index in [0.29, 0.717) is 6.04 Å². The van der Waals surface area contributed by atoms with Gasteiger partial charge in [0.05, 0.1) is 0 Å². The van der Waals surface area contributed by atoms with E-state index in [4.69, 9.17) is 0 Å². The number of rotatable bonds is 2. The van der Waals surface area contributed by atoms with Gasteiger partial charge in [-0.25, -0.2) is 0 Å². The van der Waals surface area contributed by atoms with Crippen molar-refractivity contribution in [2.45, 2.75) is 19.9 Å². The van der Waals surface area contributed by atoms with Crippen molar-refractivity contribution < 1.29 is 0 Å². The Hall–Kier alpha value is -0.340. The highest BCUT2D eigenvalue weighted by atomic mass is 15.2. The van der Waals surface area contributed by atoms with Crippen molar-refractivity contribution in [3.05, 3.63) is 12.2 Å². The second kappa shape index (κ2) is 4.52. The van der Waals surface area contributed by atoms with Gasteiger partial charge in [-0.1, -0.05) is 12.2 Å². The first-order valence-corrected chi connectivity index (χ1v) is 4.40. The summed E-state index contributed by atoms with van der Waals surface area (Å²) >= 11 is 0. The van der Waals surface area contributed by atoms with Crippen molar-refractivity contribution in [2.24, 2.45) is 0 Å². The van der Waals surface area contributed by atoms with E-state index in [1.807, 2.05) is 0 Å². The van der Waals surface area contributed by atoms with Crippen LogP contribution in [-0.2, 0) is 0 Å². The van der Waals surface area contributed by atoms with Crippen molar-refractivity contribution >= 4 is 0 Å². The minimum atomic E-state index is 0.694. The minimum Gasteiger partial charge on any atom is -0.314 e. The number of nitrogens with zero attached hydrogens (tertiary/aromatic N) is 1.